The fourth-order valence-electron chi connectivity index (χ4n) is 2.25. The first kappa shape index (κ1) is 15.2. The van der Waals surface area contributed by atoms with Gasteiger partial charge in [-0.3, -0.25) is 4.90 Å². The normalized spacial score (nSPS) is 14.0. The Bertz CT molecular complexity index is 443. The molecule has 6 heteroatoms. The van der Waals surface area contributed by atoms with E-state index in [1.165, 1.54) is 0 Å². The van der Waals surface area contributed by atoms with Gasteiger partial charge in [0.2, 0.25) is 0 Å². The molecule has 2 rings (SSSR count). The van der Waals surface area contributed by atoms with Crippen LogP contribution >= 0.6 is 31.9 Å². The molecule has 1 aromatic carbocycles. The molecule has 19 heavy (non-hydrogen) atoms. The summed E-state index contributed by atoms with van der Waals surface area (Å²) in [6.45, 7) is 1.53. The van der Waals surface area contributed by atoms with E-state index in [4.69, 9.17) is 4.74 Å². The number of fused-ring (bicyclic) bond motifs is 1. The summed E-state index contributed by atoms with van der Waals surface area (Å²) >= 11 is 6.77. The van der Waals surface area contributed by atoms with Gasteiger partial charge in [0.25, 0.3) is 6.43 Å². The van der Waals surface area contributed by atoms with Crippen molar-refractivity contribution in [2.75, 3.05) is 25.0 Å². The molecule has 1 aliphatic heterocycles. The van der Waals surface area contributed by atoms with Gasteiger partial charge in [0.15, 0.2) is 0 Å². The van der Waals surface area contributed by atoms with Crippen molar-refractivity contribution in [3.8, 4) is 5.75 Å². The maximum Gasteiger partial charge on any atom is 0.251 e. The average molecular weight is 399 g/mol. The van der Waals surface area contributed by atoms with Gasteiger partial charge in [0.1, 0.15) is 5.75 Å². The molecule has 0 N–H and O–H groups in total. The molecular formula is C13H15Br2F2NO. The fourth-order valence-corrected chi connectivity index (χ4v) is 3.31. The van der Waals surface area contributed by atoms with E-state index >= 15 is 0 Å². The molecule has 0 fully saturated rings. The minimum Gasteiger partial charge on any atom is -0.493 e. The summed E-state index contributed by atoms with van der Waals surface area (Å²) in [6.07, 6.45) is -1.44. The zero-order valence-corrected chi connectivity index (χ0v) is 13.5. The third-order valence-electron chi connectivity index (χ3n) is 3.02. The van der Waals surface area contributed by atoms with Crippen LogP contribution in [0.15, 0.2) is 16.6 Å². The van der Waals surface area contributed by atoms with Crippen molar-refractivity contribution in [3.05, 3.63) is 27.7 Å². The minimum atomic E-state index is -2.32. The smallest absolute Gasteiger partial charge is 0.251 e. The second kappa shape index (κ2) is 6.99. The number of halogens is 4. The van der Waals surface area contributed by atoms with E-state index in [1.54, 1.807) is 4.90 Å². The van der Waals surface area contributed by atoms with Crippen molar-refractivity contribution in [2.45, 2.75) is 19.4 Å². The lowest BCUT2D eigenvalue weighted by Crippen LogP contribution is -2.30. The first-order chi connectivity index (χ1) is 9.10. The van der Waals surface area contributed by atoms with Crippen LogP contribution in [0.2, 0.25) is 0 Å². The van der Waals surface area contributed by atoms with E-state index in [2.05, 4.69) is 31.9 Å². The van der Waals surface area contributed by atoms with Gasteiger partial charge >= 0.3 is 0 Å². The molecule has 1 aromatic rings. The van der Waals surface area contributed by atoms with Crippen molar-refractivity contribution < 1.29 is 13.5 Å². The average Bonchev–Trinajstić information content (AvgIpc) is 2.76. The summed E-state index contributed by atoms with van der Waals surface area (Å²) in [4.78, 5) is 1.74. The number of benzene rings is 1. The molecule has 1 aliphatic rings. The zero-order chi connectivity index (χ0) is 13.8. The molecule has 0 amide bonds. The Morgan fingerprint density at radius 2 is 2.16 bits per heavy atom. The third kappa shape index (κ3) is 4.13. The first-order valence-electron chi connectivity index (χ1n) is 6.10. The summed E-state index contributed by atoms with van der Waals surface area (Å²) < 4.78 is 31.7. The van der Waals surface area contributed by atoms with Crippen molar-refractivity contribution in [1.82, 2.24) is 4.90 Å². The standard InChI is InChI=1S/C13H15Br2F2NO/c14-2-3-18(8-12(16)17)7-10-6-11(15)5-9-1-4-19-13(9)10/h5-6,12H,1-4,7-8H2. The van der Waals surface area contributed by atoms with Gasteiger partial charge in [0.05, 0.1) is 13.2 Å². The van der Waals surface area contributed by atoms with Gasteiger partial charge in [-0.05, 0) is 17.7 Å². The summed E-state index contributed by atoms with van der Waals surface area (Å²) in [5.74, 6) is 0.872. The Labute approximate surface area is 128 Å². The number of rotatable bonds is 6. The highest BCUT2D eigenvalue weighted by molar-refractivity contribution is 9.10. The topological polar surface area (TPSA) is 12.5 Å². The van der Waals surface area contributed by atoms with Crippen LogP contribution in [0.1, 0.15) is 11.1 Å². The van der Waals surface area contributed by atoms with Crippen molar-refractivity contribution >= 4 is 31.9 Å². The molecule has 0 aliphatic carbocycles. The van der Waals surface area contributed by atoms with Gasteiger partial charge in [-0.1, -0.05) is 31.9 Å². The van der Waals surface area contributed by atoms with Crippen molar-refractivity contribution in [2.24, 2.45) is 0 Å². The lowest BCUT2D eigenvalue weighted by molar-refractivity contribution is 0.0877. The van der Waals surface area contributed by atoms with E-state index in [1.807, 2.05) is 12.1 Å². The maximum atomic E-state index is 12.6. The predicted molar refractivity (Wildman–Crippen MR) is 78.4 cm³/mol. The number of ether oxygens (including phenoxy) is 1. The molecule has 0 radical (unpaired) electrons. The SMILES string of the molecule is FC(F)CN(CCBr)Cc1cc(Br)cc2c1OCC2. The van der Waals surface area contributed by atoms with Crippen molar-refractivity contribution in [3.63, 3.8) is 0 Å². The highest BCUT2D eigenvalue weighted by Crippen LogP contribution is 2.33. The summed E-state index contributed by atoms with van der Waals surface area (Å²) in [6, 6.07) is 3.99. The van der Waals surface area contributed by atoms with Crippen LogP contribution in [0.5, 0.6) is 5.75 Å². The molecule has 0 saturated heterocycles. The van der Waals surface area contributed by atoms with Gasteiger partial charge in [0, 0.05) is 34.9 Å². The van der Waals surface area contributed by atoms with E-state index in [9.17, 15) is 8.78 Å². The maximum absolute atomic E-state index is 12.6. The van der Waals surface area contributed by atoms with Crippen LogP contribution in [0.3, 0.4) is 0 Å². The number of alkyl halides is 3. The zero-order valence-electron chi connectivity index (χ0n) is 10.3. The fraction of sp³-hybridized carbons (Fsp3) is 0.538. The molecule has 0 aromatic heterocycles. The molecule has 1 heterocycles. The predicted octanol–water partition coefficient (Wildman–Crippen LogP) is 3.85. The van der Waals surface area contributed by atoms with E-state index in [-0.39, 0.29) is 6.54 Å². The van der Waals surface area contributed by atoms with E-state index in [0.717, 1.165) is 27.8 Å². The Morgan fingerprint density at radius 1 is 1.37 bits per heavy atom. The monoisotopic (exact) mass is 397 g/mol. The number of hydrogen-bond donors (Lipinski definition) is 0. The number of nitrogens with zero attached hydrogens (tertiary/aromatic N) is 1. The third-order valence-corrected chi connectivity index (χ3v) is 3.83. The van der Waals surface area contributed by atoms with Crippen LogP contribution in [0, 0.1) is 0 Å². The molecule has 0 unspecified atom stereocenters. The molecule has 0 bridgehead atoms. The summed E-state index contributed by atoms with van der Waals surface area (Å²) in [7, 11) is 0. The molecule has 106 valence electrons. The molecule has 0 spiro atoms. The first-order valence-corrected chi connectivity index (χ1v) is 8.02. The largest absolute Gasteiger partial charge is 0.493 e. The van der Waals surface area contributed by atoms with Crippen LogP contribution in [0.25, 0.3) is 0 Å². The molecule has 2 nitrogen and oxygen atoms in total. The molecule has 0 saturated carbocycles. The summed E-state index contributed by atoms with van der Waals surface area (Å²) in [5, 5.41) is 0.677. The van der Waals surface area contributed by atoms with Gasteiger partial charge < -0.3 is 4.74 Å². The number of hydrogen-bond acceptors (Lipinski definition) is 2. The van der Waals surface area contributed by atoms with Crippen LogP contribution < -0.4 is 4.74 Å². The lowest BCUT2D eigenvalue weighted by Gasteiger charge is -2.22. The molecular weight excluding hydrogens is 384 g/mol. The quantitative estimate of drug-likeness (QED) is 0.675. The van der Waals surface area contributed by atoms with Gasteiger partial charge in [-0.25, -0.2) is 8.78 Å². The van der Waals surface area contributed by atoms with E-state index in [0.29, 0.717) is 25.0 Å². The minimum absolute atomic E-state index is 0.215. The second-order valence-electron chi connectivity index (χ2n) is 4.47. The highest BCUT2D eigenvalue weighted by atomic mass is 79.9. The van der Waals surface area contributed by atoms with Gasteiger partial charge in [-0.2, -0.15) is 0 Å². The Kier molecular flexibility index (Phi) is 5.59. The van der Waals surface area contributed by atoms with Crippen LogP contribution in [0.4, 0.5) is 8.78 Å². The molecule has 0 atom stereocenters. The highest BCUT2D eigenvalue weighted by Gasteiger charge is 2.20. The summed E-state index contributed by atoms with van der Waals surface area (Å²) in [5.41, 5.74) is 2.13. The Balaban J connectivity index is 2.16. The van der Waals surface area contributed by atoms with Crippen LogP contribution in [-0.4, -0.2) is 36.4 Å². The van der Waals surface area contributed by atoms with Gasteiger partial charge in [-0.15, -0.1) is 0 Å². The second-order valence-corrected chi connectivity index (χ2v) is 6.18. The van der Waals surface area contributed by atoms with Crippen LogP contribution in [-0.2, 0) is 13.0 Å². The van der Waals surface area contributed by atoms with Crippen molar-refractivity contribution in [1.29, 1.82) is 0 Å². The van der Waals surface area contributed by atoms with E-state index < -0.39 is 6.43 Å². The Morgan fingerprint density at radius 3 is 2.84 bits per heavy atom. The lowest BCUT2D eigenvalue weighted by atomic mass is 10.1. The Hall–Kier alpha value is -0.200.